The predicted octanol–water partition coefficient (Wildman–Crippen LogP) is 2.76. The van der Waals surface area contributed by atoms with Gasteiger partial charge in [-0.2, -0.15) is 0 Å². The normalized spacial score (nSPS) is 12.3. The summed E-state index contributed by atoms with van der Waals surface area (Å²) >= 11 is 0. The van der Waals surface area contributed by atoms with Gasteiger partial charge in [-0.05, 0) is 50.3 Å². The van der Waals surface area contributed by atoms with Crippen molar-refractivity contribution in [1.29, 1.82) is 0 Å². The maximum absolute atomic E-state index is 11.4. The van der Waals surface area contributed by atoms with Gasteiger partial charge in [-0.25, -0.2) is 0 Å². The first-order chi connectivity index (χ1) is 8.81. The molecule has 0 saturated heterocycles. The average Bonchev–Trinajstić information content (AvgIpc) is 2.41. The Morgan fingerprint density at radius 1 is 1.11 bits per heavy atom. The predicted molar refractivity (Wildman–Crippen MR) is 73.5 cm³/mol. The summed E-state index contributed by atoms with van der Waals surface area (Å²) < 4.78 is 4.68. The minimum absolute atomic E-state index is 0.213. The molecule has 0 bridgehead atoms. The molecule has 4 heteroatoms. The lowest BCUT2D eigenvalue weighted by Gasteiger charge is -2.17. The summed E-state index contributed by atoms with van der Waals surface area (Å²) in [5.41, 5.74) is 2.76. The molecule has 0 radical (unpaired) electrons. The van der Waals surface area contributed by atoms with Gasteiger partial charge in [0.25, 0.3) is 0 Å². The molecule has 1 rings (SSSR count). The summed E-state index contributed by atoms with van der Waals surface area (Å²) in [6.45, 7) is 7.12. The summed E-state index contributed by atoms with van der Waals surface area (Å²) in [7, 11) is 1.36. The van der Waals surface area contributed by atoms with E-state index < -0.39 is 0 Å². The Morgan fingerprint density at radius 2 is 1.63 bits per heavy atom. The van der Waals surface area contributed by atoms with Crippen molar-refractivity contribution in [2.75, 3.05) is 7.11 Å². The number of benzene rings is 1. The van der Waals surface area contributed by atoms with Crippen LogP contribution in [0, 0.1) is 26.7 Å². The first-order valence-corrected chi connectivity index (χ1v) is 6.39. The van der Waals surface area contributed by atoms with Crippen molar-refractivity contribution in [3.05, 3.63) is 22.3 Å². The maximum Gasteiger partial charge on any atom is 0.308 e. The molecule has 0 spiro atoms. The summed E-state index contributed by atoms with van der Waals surface area (Å²) in [5, 5.41) is 20.2. The number of carbonyl (C=O) groups excluding carboxylic acids is 1. The van der Waals surface area contributed by atoms with Crippen molar-refractivity contribution in [3.8, 4) is 11.5 Å². The second-order valence-corrected chi connectivity index (χ2v) is 5.01. The summed E-state index contributed by atoms with van der Waals surface area (Å²) in [5.74, 6) is -0.0568. The summed E-state index contributed by atoms with van der Waals surface area (Å²) in [6, 6.07) is 0. The van der Waals surface area contributed by atoms with Gasteiger partial charge in [0.15, 0.2) is 0 Å². The van der Waals surface area contributed by atoms with Crippen molar-refractivity contribution < 1.29 is 19.7 Å². The van der Waals surface area contributed by atoms with Crippen LogP contribution in [0.4, 0.5) is 0 Å². The van der Waals surface area contributed by atoms with Crippen LogP contribution in [0.5, 0.6) is 11.5 Å². The third-order valence-electron chi connectivity index (χ3n) is 3.80. The molecule has 1 aromatic carbocycles. The zero-order chi connectivity index (χ0) is 14.7. The summed E-state index contributed by atoms with van der Waals surface area (Å²) in [6.07, 6.45) is 1.10. The molecule has 4 nitrogen and oxygen atoms in total. The molecular formula is C15H22O4. The van der Waals surface area contributed by atoms with Gasteiger partial charge in [0.05, 0.1) is 13.0 Å². The molecule has 106 valence electrons. The van der Waals surface area contributed by atoms with E-state index in [-0.39, 0.29) is 23.4 Å². The fourth-order valence-corrected chi connectivity index (χ4v) is 2.17. The van der Waals surface area contributed by atoms with E-state index in [1.54, 1.807) is 27.7 Å². The van der Waals surface area contributed by atoms with Gasteiger partial charge in [0, 0.05) is 5.56 Å². The molecule has 0 aliphatic heterocycles. The Labute approximate surface area is 114 Å². The molecule has 1 atom stereocenters. The van der Waals surface area contributed by atoms with Gasteiger partial charge in [0.1, 0.15) is 11.5 Å². The van der Waals surface area contributed by atoms with E-state index in [0.29, 0.717) is 35.1 Å². The van der Waals surface area contributed by atoms with Crippen LogP contribution in [-0.2, 0) is 16.0 Å². The number of ether oxygens (including phenoxy) is 1. The minimum atomic E-state index is -0.259. The van der Waals surface area contributed by atoms with Crippen LogP contribution >= 0.6 is 0 Å². The lowest BCUT2D eigenvalue weighted by Crippen LogP contribution is -2.13. The van der Waals surface area contributed by atoms with Crippen LogP contribution in [0.15, 0.2) is 0 Å². The number of methoxy groups -OCH3 is 1. The van der Waals surface area contributed by atoms with E-state index in [2.05, 4.69) is 4.74 Å². The molecule has 1 aromatic rings. The van der Waals surface area contributed by atoms with Gasteiger partial charge in [-0.1, -0.05) is 6.92 Å². The number of carbonyl (C=O) groups is 1. The number of phenols is 2. The van der Waals surface area contributed by atoms with Gasteiger partial charge >= 0.3 is 5.97 Å². The van der Waals surface area contributed by atoms with Gasteiger partial charge < -0.3 is 14.9 Å². The smallest absolute Gasteiger partial charge is 0.308 e. The number of rotatable bonds is 4. The second kappa shape index (κ2) is 5.95. The third-order valence-corrected chi connectivity index (χ3v) is 3.80. The molecule has 0 aromatic heterocycles. The molecule has 0 heterocycles. The third kappa shape index (κ3) is 3.00. The van der Waals surface area contributed by atoms with Crippen molar-refractivity contribution in [3.63, 3.8) is 0 Å². The molecule has 0 saturated carbocycles. The fourth-order valence-electron chi connectivity index (χ4n) is 2.17. The van der Waals surface area contributed by atoms with Crippen LogP contribution in [0.2, 0.25) is 0 Å². The molecule has 2 N–H and O–H groups in total. The Bertz CT molecular complexity index is 462. The van der Waals surface area contributed by atoms with Gasteiger partial charge in [-0.15, -0.1) is 0 Å². The van der Waals surface area contributed by atoms with Crippen LogP contribution in [0.3, 0.4) is 0 Å². The highest BCUT2D eigenvalue weighted by Gasteiger charge is 2.19. The number of aromatic hydroxyl groups is 2. The van der Waals surface area contributed by atoms with Gasteiger partial charge in [0.2, 0.25) is 0 Å². The highest BCUT2D eigenvalue weighted by molar-refractivity contribution is 5.71. The molecule has 0 aliphatic carbocycles. The summed E-state index contributed by atoms with van der Waals surface area (Å²) in [4.78, 5) is 11.4. The van der Waals surface area contributed by atoms with E-state index in [0.717, 1.165) is 0 Å². The zero-order valence-corrected chi connectivity index (χ0v) is 12.2. The largest absolute Gasteiger partial charge is 0.507 e. The van der Waals surface area contributed by atoms with E-state index in [4.69, 9.17) is 0 Å². The first kappa shape index (κ1) is 15.3. The molecule has 19 heavy (non-hydrogen) atoms. The maximum atomic E-state index is 11.4. The van der Waals surface area contributed by atoms with E-state index in [9.17, 15) is 15.0 Å². The Hall–Kier alpha value is -1.71. The lowest BCUT2D eigenvalue weighted by atomic mass is 9.92. The van der Waals surface area contributed by atoms with Crippen LogP contribution in [-0.4, -0.2) is 23.3 Å². The van der Waals surface area contributed by atoms with Crippen molar-refractivity contribution in [2.24, 2.45) is 5.92 Å². The first-order valence-electron chi connectivity index (χ1n) is 6.39. The number of phenolic OH excluding ortho intramolecular Hbond substituents is 2. The Morgan fingerprint density at radius 3 is 2.16 bits per heavy atom. The van der Waals surface area contributed by atoms with E-state index >= 15 is 0 Å². The average molecular weight is 266 g/mol. The Balaban J connectivity index is 3.00. The molecule has 0 fully saturated rings. The second-order valence-electron chi connectivity index (χ2n) is 5.01. The highest BCUT2D eigenvalue weighted by atomic mass is 16.5. The van der Waals surface area contributed by atoms with Gasteiger partial charge in [-0.3, -0.25) is 4.79 Å². The quantitative estimate of drug-likeness (QED) is 0.649. The number of hydrogen-bond acceptors (Lipinski definition) is 4. The number of esters is 1. The van der Waals surface area contributed by atoms with E-state index in [1.807, 2.05) is 0 Å². The van der Waals surface area contributed by atoms with Crippen LogP contribution in [0.25, 0.3) is 0 Å². The topological polar surface area (TPSA) is 66.8 Å². The van der Waals surface area contributed by atoms with Crippen molar-refractivity contribution >= 4 is 5.97 Å². The number of hydrogen-bond donors (Lipinski definition) is 2. The zero-order valence-electron chi connectivity index (χ0n) is 12.2. The molecule has 0 aliphatic rings. The molecular weight excluding hydrogens is 244 g/mol. The molecule has 0 amide bonds. The molecule has 1 unspecified atom stereocenters. The van der Waals surface area contributed by atoms with E-state index in [1.165, 1.54) is 7.11 Å². The van der Waals surface area contributed by atoms with Crippen molar-refractivity contribution in [1.82, 2.24) is 0 Å². The Kier molecular flexibility index (Phi) is 4.81. The highest BCUT2D eigenvalue weighted by Crippen LogP contribution is 2.37. The van der Waals surface area contributed by atoms with Crippen LogP contribution in [0.1, 0.15) is 35.6 Å². The fraction of sp³-hybridized carbons (Fsp3) is 0.533. The van der Waals surface area contributed by atoms with Crippen LogP contribution < -0.4 is 0 Å². The SMILES string of the molecule is COC(=O)C(C)CCc1c(C)c(O)c(C)c(C)c1O. The monoisotopic (exact) mass is 266 g/mol. The lowest BCUT2D eigenvalue weighted by molar-refractivity contribution is -0.145. The van der Waals surface area contributed by atoms with Crippen molar-refractivity contribution in [2.45, 2.75) is 40.5 Å². The standard InChI is InChI=1S/C15H22O4/c1-8(15(18)19-5)6-7-12-11(4)13(16)9(2)10(3)14(12)17/h8,16-17H,6-7H2,1-5H3. The minimum Gasteiger partial charge on any atom is -0.507 e.